The number of nitrogens with one attached hydrogen (secondary N) is 2. The first-order chi connectivity index (χ1) is 10.2. The van der Waals surface area contributed by atoms with Gasteiger partial charge in [-0.3, -0.25) is 9.89 Å². The Kier molecular flexibility index (Phi) is 3.51. The number of hydrogen-bond acceptors (Lipinski definition) is 4. The monoisotopic (exact) mass is 287 g/mol. The van der Waals surface area contributed by atoms with Crippen LogP contribution < -0.4 is 14.8 Å². The van der Waals surface area contributed by atoms with Crippen molar-refractivity contribution in [2.45, 2.75) is 26.7 Å². The maximum atomic E-state index is 11.7. The van der Waals surface area contributed by atoms with Crippen LogP contribution in [0.25, 0.3) is 11.3 Å². The second kappa shape index (κ2) is 5.47. The lowest BCUT2D eigenvalue weighted by atomic mass is 10.1. The molecule has 0 radical (unpaired) electrons. The lowest BCUT2D eigenvalue weighted by Crippen LogP contribution is -2.11. The molecule has 0 fully saturated rings. The van der Waals surface area contributed by atoms with E-state index in [0.717, 1.165) is 29.1 Å². The normalized spacial score (nSPS) is 12.5. The molecule has 21 heavy (non-hydrogen) atoms. The van der Waals surface area contributed by atoms with Gasteiger partial charge in [0.1, 0.15) is 5.69 Å². The van der Waals surface area contributed by atoms with Gasteiger partial charge in [-0.1, -0.05) is 13.8 Å². The minimum atomic E-state index is -0.0342. The van der Waals surface area contributed by atoms with E-state index in [9.17, 15) is 4.79 Å². The summed E-state index contributed by atoms with van der Waals surface area (Å²) < 4.78 is 10.7. The van der Waals surface area contributed by atoms with Crippen LogP contribution >= 0.6 is 0 Å². The van der Waals surface area contributed by atoms with Crippen molar-refractivity contribution in [3.05, 3.63) is 23.9 Å². The number of aromatic nitrogens is 2. The molecule has 2 aromatic rings. The zero-order chi connectivity index (χ0) is 14.8. The third kappa shape index (κ3) is 2.44. The molecule has 0 saturated heterocycles. The molecule has 0 bridgehead atoms. The molecule has 1 aromatic carbocycles. The number of amides is 1. The van der Waals surface area contributed by atoms with E-state index in [-0.39, 0.29) is 12.7 Å². The molecule has 0 spiro atoms. The van der Waals surface area contributed by atoms with Crippen LogP contribution in [0.1, 0.15) is 26.0 Å². The number of carbonyl (C=O) groups is 1. The summed E-state index contributed by atoms with van der Waals surface area (Å²) >= 11 is 0. The van der Waals surface area contributed by atoms with Gasteiger partial charge in [-0.15, -0.1) is 0 Å². The molecule has 3 rings (SSSR count). The number of anilines is 1. The van der Waals surface area contributed by atoms with E-state index >= 15 is 0 Å². The van der Waals surface area contributed by atoms with Crippen molar-refractivity contribution in [1.82, 2.24) is 10.2 Å². The number of nitrogens with zero attached hydrogens (tertiary/aromatic N) is 1. The molecule has 1 aromatic heterocycles. The van der Waals surface area contributed by atoms with Gasteiger partial charge in [0.25, 0.3) is 0 Å². The van der Waals surface area contributed by atoms with Crippen LogP contribution in [0, 0.1) is 0 Å². The van der Waals surface area contributed by atoms with Crippen molar-refractivity contribution >= 4 is 11.6 Å². The van der Waals surface area contributed by atoms with Crippen LogP contribution in [0.3, 0.4) is 0 Å². The topological polar surface area (TPSA) is 76.2 Å². The predicted octanol–water partition coefficient (Wildman–Crippen LogP) is 2.72. The molecule has 0 atom stereocenters. The Hall–Kier alpha value is -2.50. The standard InChI is InChI=1S/C15H17N3O3/c1-3-10-15(16-13(19)4-2)14(18-17-10)9-5-6-11-12(7-9)21-8-20-11/h5-7H,3-4,8H2,1-2H3,(H,16,19)(H,17,18). The largest absolute Gasteiger partial charge is 0.454 e. The van der Waals surface area contributed by atoms with Crippen molar-refractivity contribution in [3.8, 4) is 22.8 Å². The highest BCUT2D eigenvalue weighted by Gasteiger charge is 2.19. The number of aryl methyl sites for hydroxylation is 1. The zero-order valence-corrected chi connectivity index (χ0v) is 12.0. The number of aromatic amines is 1. The summed E-state index contributed by atoms with van der Waals surface area (Å²) in [6.45, 7) is 4.07. The summed E-state index contributed by atoms with van der Waals surface area (Å²) in [5, 5.41) is 10.2. The number of rotatable bonds is 4. The van der Waals surface area contributed by atoms with Crippen molar-refractivity contribution in [2.75, 3.05) is 12.1 Å². The molecule has 1 amide bonds. The quantitative estimate of drug-likeness (QED) is 0.906. The summed E-state index contributed by atoms with van der Waals surface area (Å²) in [7, 11) is 0. The summed E-state index contributed by atoms with van der Waals surface area (Å²) in [4.78, 5) is 11.7. The van der Waals surface area contributed by atoms with Crippen LogP contribution in [-0.4, -0.2) is 22.9 Å². The van der Waals surface area contributed by atoms with Gasteiger partial charge < -0.3 is 14.8 Å². The summed E-state index contributed by atoms with van der Waals surface area (Å²) in [5.41, 5.74) is 3.24. The van der Waals surface area contributed by atoms with E-state index in [1.165, 1.54) is 0 Å². The highest BCUT2D eigenvalue weighted by Crippen LogP contribution is 2.38. The maximum Gasteiger partial charge on any atom is 0.231 e. The molecule has 0 saturated carbocycles. The average molecular weight is 287 g/mol. The number of H-pyrrole nitrogens is 1. The smallest absolute Gasteiger partial charge is 0.231 e. The Morgan fingerprint density at radius 3 is 2.90 bits per heavy atom. The molecule has 6 nitrogen and oxygen atoms in total. The minimum absolute atomic E-state index is 0.0342. The number of hydrogen-bond donors (Lipinski definition) is 2. The Labute approximate surface area is 122 Å². The number of benzene rings is 1. The maximum absolute atomic E-state index is 11.7. The lowest BCUT2D eigenvalue weighted by molar-refractivity contribution is -0.115. The molecule has 0 unspecified atom stereocenters. The van der Waals surface area contributed by atoms with Gasteiger partial charge >= 0.3 is 0 Å². The van der Waals surface area contributed by atoms with Gasteiger partial charge in [0, 0.05) is 12.0 Å². The summed E-state index contributed by atoms with van der Waals surface area (Å²) in [6.07, 6.45) is 1.19. The summed E-state index contributed by atoms with van der Waals surface area (Å²) in [6, 6.07) is 5.63. The van der Waals surface area contributed by atoms with Crippen molar-refractivity contribution in [1.29, 1.82) is 0 Å². The van der Waals surface area contributed by atoms with Crippen LogP contribution in [0.4, 0.5) is 5.69 Å². The molecule has 2 N–H and O–H groups in total. The molecule has 0 aliphatic carbocycles. The van der Waals surface area contributed by atoms with Crippen LogP contribution in [0.15, 0.2) is 18.2 Å². The van der Waals surface area contributed by atoms with E-state index in [1.807, 2.05) is 32.0 Å². The van der Waals surface area contributed by atoms with Gasteiger partial charge in [0.2, 0.25) is 12.7 Å². The van der Waals surface area contributed by atoms with Crippen LogP contribution in [0.2, 0.25) is 0 Å². The van der Waals surface area contributed by atoms with Crippen molar-refractivity contribution < 1.29 is 14.3 Å². The fourth-order valence-electron chi connectivity index (χ4n) is 2.25. The molecular formula is C15H17N3O3. The van der Waals surface area contributed by atoms with Crippen LogP contribution in [0.5, 0.6) is 11.5 Å². The first-order valence-electron chi connectivity index (χ1n) is 7.00. The van der Waals surface area contributed by atoms with E-state index in [4.69, 9.17) is 9.47 Å². The fourth-order valence-corrected chi connectivity index (χ4v) is 2.25. The van der Waals surface area contributed by atoms with Crippen LogP contribution in [-0.2, 0) is 11.2 Å². The zero-order valence-electron chi connectivity index (χ0n) is 12.0. The molecule has 2 heterocycles. The number of ether oxygens (including phenoxy) is 2. The summed E-state index contributed by atoms with van der Waals surface area (Å²) in [5.74, 6) is 1.39. The molecule has 1 aliphatic rings. The van der Waals surface area contributed by atoms with Gasteiger partial charge in [-0.05, 0) is 24.6 Å². The van der Waals surface area contributed by atoms with Gasteiger partial charge in [-0.2, -0.15) is 5.10 Å². The minimum Gasteiger partial charge on any atom is -0.454 e. The van der Waals surface area contributed by atoms with Gasteiger partial charge in [0.15, 0.2) is 11.5 Å². The average Bonchev–Trinajstić information content (AvgIpc) is 3.12. The van der Waals surface area contributed by atoms with Crippen molar-refractivity contribution in [2.24, 2.45) is 0 Å². The fraction of sp³-hybridized carbons (Fsp3) is 0.333. The predicted molar refractivity (Wildman–Crippen MR) is 78.4 cm³/mol. The molecule has 110 valence electrons. The van der Waals surface area contributed by atoms with Crippen molar-refractivity contribution in [3.63, 3.8) is 0 Å². The van der Waals surface area contributed by atoms with E-state index < -0.39 is 0 Å². The third-order valence-electron chi connectivity index (χ3n) is 3.43. The number of fused-ring (bicyclic) bond motifs is 1. The molecule has 1 aliphatic heterocycles. The lowest BCUT2D eigenvalue weighted by Gasteiger charge is -2.07. The molecule has 6 heteroatoms. The Morgan fingerprint density at radius 2 is 2.14 bits per heavy atom. The van der Waals surface area contributed by atoms with E-state index in [2.05, 4.69) is 15.5 Å². The van der Waals surface area contributed by atoms with Gasteiger partial charge in [-0.25, -0.2) is 0 Å². The Morgan fingerprint density at radius 1 is 1.33 bits per heavy atom. The first-order valence-corrected chi connectivity index (χ1v) is 7.00. The highest BCUT2D eigenvalue weighted by molar-refractivity contribution is 5.95. The second-order valence-electron chi connectivity index (χ2n) is 4.75. The highest BCUT2D eigenvalue weighted by atomic mass is 16.7. The van der Waals surface area contributed by atoms with Gasteiger partial charge in [0.05, 0.1) is 11.4 Å². The van der Waals surface area contributed by atoms with E-state index in [0.29, 0.717) is 17.9 Å². The Balaban J connectivity index is 2.01. The Bertz CT molecular complexity index is 679. The first kappa shape index (κ1) is 13.5. The molecular weight excluding hydrogens is 270 g/mol. The SMILES string of the molecule is CCC(=O)Nc1c(-c2ccc3c(c2)OCO3)n[nH]c1CC. The van der Waals surface area contributed by atoms with E-state index in [1.54, 1.807) is 0 Å². The second-order valence-corrected chi connectivity index (χ2v) is 4.75. The third-order valence-corrected chi connectivity index (χ3v) is 3.43. The number of carbonyl (C=O) groups excluding carboxylic acids is 1.